The standard InChI is InChI=1S/C22H38N2O2/c1-20-9-7-16(25)12-14(20)4-5-18-17(20)8-10-21(2)15(13-19(26)24-3)6-11-22(18,21)23/h14-18,25H,4-13,23H2,1-3H3,(H,24,26)/t14-,15-,16+,17+,18-,20+,21-,22+/m1/s1. The van der Waals surface area contributed by atoms with Gasteiger partial charge < -0.3 is 16.2 Å². The molecule has 0 aliphatic heterocycles. The van der Waals surface area contributed by atoms with E-state index in [0.717, 1.165) is 38.5 Å². The lowest BCUT2D eigenvalue weighted by molar-refractivity contribution is -0.139. The molecule has 0 aromatic carbocycles. The number of aliphatic hydroxyl groups is 1. The van der Waals surface area contributed by atoms with Gasteiger partial charge in [0, 0.05) is 19.0 Å². The second-order valence-corrected chi connectivity index (χ2v) is 10.5. The molecule has 1 amide bonds. The molecule has 8 atom stereocenters. The number of nitrogens with one attached hydrogen (secondary N) is 1. The van der Waals surface area contributed by atoms with Gasteiger partial charge in [0.2, 0.25) is 5.91 Å². The van der Waals surface area contributed by atoms with Gasteiger partial charge in [0.15, 0.2) is 0 Å². The molecule has 0 saturated heterocycles. The highest BCUT2D eigenvalue weighted by Gasteiger charge is 2.66. The Bertz CT molecular complexity index is 580. The van der Waals surface area contributed by atoms with Crippen LogP contribution < -0.4 is 11.1 Å². The molecule has 4 nitrogen and oxygen atoms in total. The van der Waals surface area contributed by atoms with Gasteiger partial charge in [-0.3, -0.25) is 4.79 Å². The predicted molar refractivity (Wildman–Crippen MR) is 103 cm³/mol. The molecule has 0 spiro atoms. The molecule has 4 saturated carbocycles. The zero-order valence-corrected chi connectivity index (χ0v) is 16.9. The second-order valence-electron chi connectivity index (χ2n) is 10.5. The van der Waals surface area contributed by atoms with Crippen LogP contribution in [0.25, 0.3) is 0 Å². The zero-order valence-electron chi connectivity index (χ0n) is 16.9. The number of hydrogen-bond donors (Lipinski definition) is 3. The van der Waals surface area contributed by atoms with Crippen LogP contribution >= 0.6 is 0 Å². The SMILES string of the molecule is CNC(=O)C[C@H]1CC[C@]2(N)[C@@H]3CC[C@@H]4C[C@@H](O)CC[C@]4(C)[C@H]3CC[C@]12C. The normalized spacial score (nSPS) is 53.3. The fourth-order valence-electron chi connectivity index (χ4n) is 8.07. The summed E-state index contributed by atoms with van der Waals surface area (Å²) in [4.78, 5) is 12.1. The molecule has 0 bridgehead atoms. The molecule has 0 aromatic rings. The van der Waals surface area contributed by atoms with E-state index in [9.17, 15) is 9.90 Å². The number of aliphatic hydroxyl groups excluding tert-OH is 1. The van der Waals surface area contributed by atoms with Crippen molar-refractivity contribution >= 4 is 5.91 Å². The van der Waals surface area contributed by atoms with E-state index >= 15 is 0 Å². The third kappa shape index (κ3) is 2.44. The van der Waals surface area contributed by atoms with Crippen LogP contribution in [0, 0.1) is 34.5 Å². The number of carbonyl (C=O) groups excluding carboxylic acids is 1. The molecule has 4 rings (SSSR count). The summed E-state index contributed by atoms with van der Waals surface area (Å²) >= 11 is 0. The summed E-state index contributed by atoms with van der Waals surface area (Å²) in [6.45, 7) is 4.90. The molecule has 148 valence electrons. The molecule has 0 radical (unpaired) electrons. The van der Waals surface area contributed by atoms with Gasteiger partial charge in [-0.05, 0) is 92.3 Å². The molecule has 4 aliphatic rings. The highest BCUT2D eigenvalue weighted by molar-refractivity contribution is 5.76. The first-order valence-corrected chi connectivity index (χ1v) is 10.9. The molecule has 0 unspecified atom stereocenters. The zero-order chi connectivity index (χ0) is 18.7. The maximum Gasteiger partial charge on any atom is 0.220 e. The topological polar surface area (TPSA) is 75.4 Å². The highest BCUT2D eigenvalue weighted by atomic mass is 16.3. The number of fused-ring (bicyclic) bond motifs is 5. The average molecular weight is 363 g/mol. The van der Waals surface area contributed by atoms with Crippen LogP contribution in [-0.4, -0.2) is 29.7 Å². The Morgan fingerprint density at radius 1 is 1.08 bits per heavy atom. The summed E-state index contributed by atoms with van der Waals surface area (Å²) < 4.78 is 0. The Kier molecular flexibility index (Phi) is 4.47. The summed E-state index contributed by atoms with van der Waals surface area (Å²) in [5.41, 5.74) is 7.63. The van der Waals surface area contributed by atoms with E-state index < -0.39 is 0 Å². The molecule has 0 aromatic heterocycles. The van der Waals surface area contributed by atoms with Crippen molar-refractivity contribution in [2.75, 3.05) is 7.05 Å². The quantitative estimate of drug-likeness (QED) is 0.706. The van der Waals surface area contributed by atoms with E-state index in [-0.39, 0.29) is 23.0 Å². The third-order valence-electron chi connectivity index (χ3n) is 9.88. The minimum absolute atomic E-state index is 0.0891. The summed E-state index contributed by atoms with van der Waals surface area (Å²) in [7, 11) is 1.74. The summed E-state index contributed by atoms with van der Waals surface area (Å²) in [5.74, 6) is 2.55. The van der Waals surface area contributed by atoms with E-state index in [0.29, 0.717) is 35.5 Å². The lowest BCUT2D eigenvalue weighted by Crippen LogP contribution is -2.66. The number of rotatable bonds is 2. The Balaban J connectivity index is 1.61. The molecular weight excluding hydrogens is 324 g/mol. The average Bonchev–Trinajstić information content (AvgIpc) is 2.87. The van der Waals surface area contributed by atoms with Gasteiger partial charge in [-0.2, -0.15) is 0 Å². The Hall–Kier alpha value is -0.610. The molecule has 4 heteroatoms. The van der Waals surface area contributed by atoms with Crippen molar-refractivity contribution < 1.29 is 9.90 Å². The Morgan fingerprint density at radius 2 is 1.85 bits per heavy atom. The summed E-state index contributed by atoms with van der Waals surface area (Å²) in [6, 6.07) is 0. The van der Waals surface area contributed by atoms with E-state index in [2.05, 4.69) is 19.2 Å². The van der Waals surface area contributed by atoms with E-state index in [1.165, 1.54) is 19.3 Å². The van der Waals surface area contributed by atoms with Crippen molar-refractivity contribution in [2.45, 2.75) is 89.7 Å². The minimum Gasteiger partial charge on any atom is -0.393 e. The van der Waals surface area contributed by atoms with Gasteiger partial charge in [0.05, 0.1) is 6.10 Å². The second kappa shape index (κ2) is 6.20. The van der Waals surface area contributed by atoms with E-state index in [1.807, 2.05) is 0 Å². The molecule has 4 fully saturated rings. The van der Waals surface area contributed by atoms with E-state index in [4.69, 9.17) is 5.73 Å². The van der Waals surface area contributed by atoms with E-state index in [1.54, 1.807) is 7.05 Å². The maximum atomic E-state index is 12.1. The number of hydrogen-bond acceptors (Lipinski definition) is 3. The van der Waals surface area contributed by atoms with Gasteiger partial charge in [-0.25, -0.2) is 0 Å². The fraction of sp³-hybridized carbons (Fsp3) is 0.955. The van der Waals surface area contributed by atoms with Crippen molar-refractivity contribution in [3.8, 4) is 0 Å². The van der Waals surface area contributed by atoms with Crippen LogP contribution in [0.3, 0.4) is 0 Å². The largest absolute Gasteiger partial charge is 0.393 e. The molecule has 4 N–H and O–H groups in total. The number of amides is 1. The number of carbonyl (C=O) groups is 1. The van der Waals surface area contributed by atoms with Crippen LogP contribution in [0.4, 0.5) is 0 Å². The van der Waals surface area contributed by atoms with Crippen LogP contribution in [0.2, 0.25) is 0 Å². The third-order valence-corrected chi connectivity index (χ3v) is 9.88. The summed E-state index contributed by atoms with van der Waals surface area (Å²) in [6.07, 6.45) is 10.7. The minimum atomic E-state index is -0.112. The van der Waals surface area contributed by atoms with Gasteiger partial charge in [-0.1, -0.05) is 13.8 Å². The van der Waals surface area contributed by atoms with Gasteiger partial charge in [0.1, 0.15) is 0 Å². The van der Waals surface area contributed by atoms with Crippen molar-refractivity contribution in [3.05, 3.63) is 0 Å². The van der Waals surface area contributed by atoms with Crippen LogP contribution in [0.5, 0.6) is 0 Å². The van der Waals surface area contributed by atoms with Gasteiger partial charge in [0.25, 0.3) is 0 Å². The molecule has 0 heterocycles. The van der Waals surface area contributed by atoms with Crippen LogP contribution in [0.1, 0.15) is 78.1 Å². The highest BCUT2D eigenvalue weighted by Crippen LogP contribution is 2.68. The fourth-order valence-corrected chi connectivity index (χ4v) is 8.07. The molecular formula is C22H38N2O2. The van der Waals surface area contributed by atoms with Crippen molar-refractivity contribution in [1.29, 1.82) is 0 Å². The number of nitrogens with two attached hydrogens (primary N) is 1. The maximum absolute atomic E-state index is 12.1. The Morgan fingerprint density at radius 3 is 2.58 bits per heavy atom. The lowest BCUT2D eigenvalue weighted by Gasteiger charge is -2.64. The smallest absolute Gasteiger partial charge is 0.220 e. The van der Waals surface area contributed by atoms with Gasteiger partial charge in [-0.15, -0.1) is 0 Å². The lowest BCUT2D eigenvalue weighted by atomic mass is 9.42. The predicted octanol–water partition coefficient (Wildman–Crippen LogP) is 3.22. The summed E-state index contributed by atoms with van der Waals surface area (Å²) in [5, 5.41) is 13.0. The molecule has 4 aliphatic carbocycles. The van der Waals surface area contributed by atoms with Crippen LogP contribution in [-0.2, 0) is 4.79 Å². The molecule has 26 heavy (non-hydrogen) atoms. The Labute approximate surface area is 158 Å². The first-order valence-electron chi connectivity index (χ1n) is 10.9. The first kappa shape index (κ1) is 18.7. The van der Waals surface area contributed by atoms with Crippen molar-refractivity contribution in [3.63, 3.8) is 0 Å². The van der Waals surface area contributed by atoms with Crippen molar-refractivity contribution in [1.82, 2.24) is 5.32 Å². The first-order chi connectivity index (χ1) is 12.2. The van der Waals surface area contributed by atoms with Crippen LogP contribution in [0.15, 0.2) is 0 Å². The monoisotopic (exact) mass is 362 g/mol. The van der Waals surface area contributed by atoms with Crippen molar-refractivity contribution in [2.24, 2.45) is 40.2 Å². The van der Waals surface area contributed by atoms with Gasteiger partial charge >= 0.3 is 0 Å².